The Hall–Kier alpha value is -2.80. The van der Waals surface area contributed by atoms with Gasteiger partial charge in [0.15, 0.2) is 11.7 Å². The quantitative estimate of drug-likeness (QED) is 0.473. The van der Waals surface area contributed by atoms with Crippen LogP contribution in [0, 0.1) is 0 Å². The number of piperidine rings is 1. The van der Waals surface area contributed by atoms with Gasteiger partial charge < -0.3 is 20.0 Å². The van der Waals surface area contributed by atoms with E-state index in [1.165, 1.54) is 5.00 Å². The van der Waals surface area contributed by atoms with Gasteiger partial charge in [-0.1, -0.05) is 30.3 Å². The molecule has 0 aliphatic carbocycles. The minimum atomic E-state index is 0.413. The fraction of sp³-hybridized carbons (Fsp3) is 0.364. The molecule has 1 saturated heterocycles. The fourth-order valence-corrected chi connectivity index (χ4v) is 4.26. The van der Waals surface area contributed by atoms with Crippen molar-refractivity contribution in [3.8, 4) is 11.3 Å². The summed E-state index contributed by atoms with van der Waals surface area (Å²) in [5, 5.41) is 10.4. The third-order valence-electron chi connectivity index (χ3n) is 4.98. The van der Waals surface area contributed by atoms with Gasteiger partial charge in [0.2, 0.25) is 5.89 Å². The number of hydrogen-bond donors (Lipinski definition) is 2. The Balaban J connectivity index is 1.33. The Labute approximate surface area is 175 Å². The highest BCUT2D eigenvalue weighted by Gasteiger charge is 2.20. The molecule has 3 heterocycles. The molecule has 0 atom stereocenters. The van der Waals surface area contributed by atoms with Crippen molar-refractivity contribution in [2.45, 2.75) is 32.4 Å². The minimum absolute atomic E-state index is 0.413. The molecule has 4 rings (SSSR count). The zero-order valence-corrected chi connectivity index (χ0v) is 17.5. The van der Waals surface area contributed by atoms with Crippen LogP contribution >= 0.6 is 11.3 Å². The lowest BCUT2D eigenvalue weighted by Gasteiger charge is -2.33. The summed E-state index contributed by atoms with van der Waals surface area (Å²) in [4.78, 5) is 11.5. The summed E-state index contributed by atoms with van der Waals surface area (Å²) in [6.45, 7) is 5.45. The van der Waals surface area contributed by atoms with E-state index in [-0.39, 0.29) is 0 Å². The van der Waals surface area contributed by atoms with E-state index >= 15 is 0 Å². The van der Waals surface area contributed by atoms with E-state index < -0.39 is 0 Å². The van der Waals surface area contributed by atoms with Crippen molar-refractivity contribution in [1.82, 2.24) is 15.6 Å². The molecule has 6 nitrogen and oxygen atoms in total. The first-order valence-electron chi connectivity index (χ1n) is 10.1. The summed E-state index contributed by atoms with van der Waals surface area (Å²) in [7, 11) is 0. The number of oxazole rings is 1. The highest BCUT2D eigenvalue weighted by atomic mass is 32.1. The van der Waals surface area contributed by atoms with Gasteiger partial charge in [-0.2, -0.15) is 0 Å². The van der Waals surface area contributed by atoms with Crippen LogP contribution in [-0.4, -0.2) is 36.6 Å². The van der Waals surface area contributed by atoms with E-state index in [0.29, 0.717) is 18.5 Å². The van der Waals surface area contributed by atoms with Gasteiger partial charge in [-0.25, -0.2) is 9.98 Å². The number of guanidine groups is 1. The second kappa shape index (κ2) is 9.60. The van der Waals surface area contributed by atoms with Crippen molar-refractivity contribution >= 4 is 22.3 Å². The molecule has 0 radical (unpaired) electrons. The molecule has 0 unspecified atom stereocenters. The molecule has 2 aromatic heterocycles. The second-order valence-electron chi connectivity index (χ2n) is 7.04. The maximum Gasteiger partial charge on any atom is 0.216 e. The normalized spacial score (nSPS) is 15.5. The van der Waals surface area contributed by atoms with Crippen LogP contribution in [0.2, 0.25) is 0 Å². The highest BCUT2D eigenvalue weighted by Crippen LogP contribution is 2.25. The monoisotopic (exact) mass is 409 g/mol. The number of benzene rings is 1. The molecule has 0 spiro atoms. The SMILES string of the molecule is CCNC(=NCc1ncc(-c2ccccc2)o1)NC1CCN(c2cccs2)CC1. The second-order valence-corrected chi connectivity index (χ2v) is 7.96. The number of hydrogen-bond acceptors (Lipinski definition) is 5. The molecule has 3 aromatic rings. The van der Waals surface area contributed by atoms with Crippen LogP contribution in [0.3, 0.4) is 0 Å². The average molecular weight is 410 g/mol. The number of nitrogens with zero attached hydrogens (tertiary/aromatic N) is 3. The Kier molecular flexibility index (Phi) is 6.46. The molecule has 1 aromatic carbocycles. The van der Waals surface area contributed by atoms with Crippen LogP contribution in [-0.2, 0) is 6.54 Å². The van der Waals surface area contributed by atoms with Gasteiger partial charge in [-0.3, -0.25) is 0 Å². The van der Waals surface area contributed by atoms with Gasteiger partial charge in [0.25, 0.3) is 0 Å². The fourth-order valence-electron chi connectivity index (χ4n) is 3.47. The minimum Gasteiger partial charge on any atom is -0.439 e. The van der Waals surface area contributed by atoms with Gasteiger partial charge >= 0.3 is 0 Å². The van der Waals surface area contributed by atoms with E-state index in [9.17, 15) is 0 Å². The highest BCUT2D eigenvalue weighted by molar-refractivity contribution is 7.14. The topological polar surface area (TPSA) is 65.7 Å². The van der Waals surface area contributed by atoms with Crippen molar-refractivity contribution in [2.75, 3.05) is 24.5 Å². The molecule has 0 saturated carbocycles. The summed E-state index contributed by atoms with van der Waals surface area (Å²) in [6.07, 6.45) is 3.96. The van der Waals surface area contributed by atoms with Crippen LogP contribution in [0.4, 0.5) is 5.00 Å². The van der Waals surface area contributed by atoms with Crippen LogP contribution < -0.4 is 15.5 Å². The van der Waals surface area contributed by atoms with Gasteiger partial charge in [-0.05, 0) is 37.3 Å². The number of nitrogens with one attached hydrogen (secondary N) is 2. The summed E-state index contributed by atoms with van der Waals surface area (Å²) in [5.74, 6) is 2.21. The summed E-state index contributed by atoms with van der Waals surface area (Å²) < 4.78 is 5.86. The molecule has 2 N–H and O–H groups in total. The molecule has 1 aliphatic heterocycles. The van der Waals surface area contributed by atoms with E-state index in [0.717, 1.165) is 49.8 Å². The predicted molar refractivity (Wildman–Crippen MR) is 119 cm³/mol. The smallest absolute Gasteiger partial charge is 0.216 e. The molecular formula is C22H27N5OS. The molecule has 0 bridgehead atoms. The van der Waals surface area contributed by atoms with Gasteiger partial charge in [0.05, 0.1) is 11.2 Å². The lowest BCUT2D eigenvalue weighted by molar-refractivity contribution is 0.461. The maximum absolute atomic E-state index is 5.86. The van der Waals surface area contributed by atoms with E-state index in [1.807, 2.05) is 41.7 Å². The van der Waals surface area contributed by atoms with E-state index in [1.54, 1.807) is 6.20 Å². The summed E-state index contributed by atoms with van der Waals surface area (Å²) in [6, 6.07) is 14.7. The van der Waals surface area contributed by atoms with E-state index in [2.05, 4.69) is 49.9 Å². The van der Waals surface area contributed by atoms with Crippen LogP contribution in [0.1, 0.15) is 25.7 Å². The number of rotatable bonds is 6. The van der Waals surface area contributed by atoms with Crippen LogP contribution in [0.15, 0.2) is 63.5 Å². The maximum atomic E-state index is 5.86. The number of thiophene rings is 1. The zero-order valence-electron chi connectivity index (χ0n) is 16.7. The first kappa shape index (κ1) is 19.5. The average Bonchev–Trinajstić information content (AvgIpc) is 3.46. The third kappa shape index (κ3) is 5.17. The van der Waals surface area contributed by atoms with Crippen molar-refractivity contribution in [1.29, 1.82) is 0 Å². The van der Waals surface area contributed by atoms with Crippen LogP contribution in [0.5, 0.6) is 0 Å². The Morgan fingerprint density at radius 2 is 2.03 bits per heavy atom. The summed E-state index contributed by atoms with van der Waals surface area (Å²) >= 11 is 1.81. The van der Waals surface area contributed by atoms with Crippen molar-refractivity contribution in [3.63, 3.8) is 0 Å². The molecule has 1 fully saturated rings. The molecule has 29 heavy (non-hydrogen) atoms. The number of anilines is 1. The Morgan fingerprint density at radius 1 is 1.21 bits per heavy atom. The van der Waals surface area contributed by atoms with Crippen molar-refractivity contribution < 1.29 is 4.42 Å². The number of aromatic nitrogens is 1. The van der Waals surface area contributed by atoms with Crippen LogP contribution in [0.25, 0.3) is 11.3 Å². The number of aliphatic imine (C=N–C) groups is 1. The van der Waals surface area contributed by atoms with Gasteiger partial charge in [-0.15, -0.1) is 11.3 Å². The third-order valence-corrected chi connectivity index (χ3v) is 5.91. The molecular weight excluding hydrogens is 382 g/mol. The lowest BCUT2D eigenvalue weighted by atomic mass is 10.1. The first-order chi connectivity index (χ1) is 14.3. The van der Waals surface area contributed by atoms with Gasteiger partial charge in [0, 0.05) is 31.2 Å². The predicted octanol–water partition coefficient (Wildman–Crippen LogP) is 4.13. The Morgan fingerprint density at radius 3 is 2.76 bits per heavy atom. The molecule has 7 heteroatoms. The van der Waals surface area contributed by atoms with E-state index in [4.69, 9.17) is 4.42 Å². The standard InChI is InChI=1S/C22H27N5OS/c1-2-23-22(26-18-10-12-27(13-11-18)21-9-6-14-29-21)25-16-20-24-15-19(28-20)17-7-4-3-5-8-17/h3-9,14-15,18H,2,10-13,16H2,1H3,(H2,23,25,26). The van der Waals surface area contributed by atoms with Crippen molar-refractivity contribution in [2.24, 2.45) is 4.99 Å². The molecule has 1 aliphatic rings. The zero-order chi connectivity index (χ0) is 19.9. The lowest BCUT2D eigenvalue weighted by Crippen LogP contribution is -2.48. The first-order valence-corrected chi connectivity index (χ1v) is 11.0. The van der Waals surface area contributed by atoms with Gasteiger partial charge in [0.1, 0.15) is 6.54 Å². The molecule has 0 amide bonds. The molecule has 152 valence electrons. The largest absolute Gasteiger partial charge is 0.439 e. The Bertz CT molecular complexity index is 898. The summed E-state index contributed by atoms with van der Waals surface area (Å²) in [5.41, 5.74) is 1.03. The van der Waals surface area contributed by atoms with Crippen molar-refractivity contribution in [3.05, 3.63) is 59.9 Å².